The summed E-state index contributed by atoms with van der Waals surface area (Å²) in [5.74, 6) is -1.85. The van der Waals surface area contributed by atoms with Crippen LogP contribution in [0.15, 0.2) is 48.3 Å². The van der Waals surface area contributed by atoms with E-state index in [0.717, 1.165) is 11.6 Å². The third kappa shape index (κ3) is 5.43. The summed E-state index contributed by atoms with van der Waals surface area (Å²) >= 11 is 0. The molecule has 0 radical (unpaired) electrons. The maximum Gasteiger partial charge on any atom is 0.367 e. The van der Waals surface area contributed by atoms with Crippen molar-refractivity contribution < 1.29 is 13.9 Å². The fourth-order valence-corrected chi connectivity index (χ4v) is 1.20. The highest BCUT2D eigenvalue weighted by molar-refractivity contribution is 5.86. The van der Waals surface area contributed by atoms with Gasteiger partial charge >= 0.3 is 5.97 Å². The Morgan fingerprint density at radius 1 is 1.22 bits per heavy atom. The van der Waals surface area contributed by atoms with E-state index in [1.807, 2.05) is 30.3 Å². The van der Waals surface area contributed by atoms with Crippen LogP contribution in [0.4, 0.5) is 4.39 Å². The van der Waals surface area contributed by atoms with Crippen LogP contribution in [0.3, 0.4) is 0 Å². The smallest absolute Gasteiger partial charge is 0.367 e. The number of carbonyl (C=O) groups is 1. The van der Waals surface area contributed by atoms with E-state index in [1.54, 1.807) is 26.8 Å². The van der Waals surface area contributed by atoms with Gasteiger partial charge in [-0.1, -0.05) is 42.5 Å². The Bertz CT molecular complexity index is 453. The van der Waals surface area contributed by atoms with Crippen molar-refractivity contribution in [2.24, 2.45) is 0 Å². The van der Waals surface area contributed by atoms with Gasteiger partial charge in [-0.15, -0.1) is 0 Å². The van der Waals surface area contributed by atoms with E-state index in [0.29, 0.717) is 0 Å². The predicted molar refractivity (Wildman–Crippen MR) is 70.5 cm³/mol. The van der Waals surface area contributed by atoms with Crippen LogP contribution in [0, 0.1) is 0 Å². The van der Waals surface area contributed by atoms with Gasteiger partial charge in [0, 0.05) is 0 Å². The Morgan fingerprint density at radius 2 is 1.83 bits per heavy atom. The first kappa shape index (κ1) is 14.2. The van der Waals surface area contributed by atoms with E-state index in [2.05, 4.69) is 0 Å². The Morgan fingerprint density at radius 3 is 2.39 bits per heavy atom. The number of hydrogen-bond acceptors (Lipinski definition) is 2. The van der Waals surface area contributed by atoms with Crippen LogP contribution in [-0.2, 0) is 9.53 Å². The molecular weight excluding hydrogens is 231 g/mol. The lowest BCUT2D eigenvalue weighted by molar-refractivity contribution is -0.151. The monoisotopic (exact) mass is 248 g/mol. The molecule has 0 aromatic heterocycles. The second kappa shape index (κ2) is 6.15. The lowest BCUT2D eigenvalue weighted by atomic mass is 10.2. The van der Waals surface area contributed by atoms with Gasteiger partial charge in [0.2, 0.25) is 5.83 Å². The Kier molecular flexibility index (Phi) is 4.84. The molecule has 0 atom stereocenters. The molecule has 0 saturated heterocycles. The van der Waals surface area contributed by atoms with Crippen LogP contribution in [-0.4, -0.2) is 11.6 Å². The number of carbonyl (C=O) groups excluding carboxylic acids is 1. The van der Waals surface area contributed by atoms with Crippen LogP contribution in [0.2, 0.25) is 0 Å². The normalized spacial score (nSPS) is 12.8. The second-order valence-electron chi connectivity index (χ2n) is 4.79. The van der Waals surface area contributed by atoms with Gasteiger partial charge in [-0.05, 0) is 32.4 Å². The fraction of sp³-hybridized carbons (Fsp3) is 0.267. The van der Waals surface area contributed by atoms with Crippen molar-refractivity contribution in [3.05, 3.63) is 53.9 Å². The molecule has 1 aromatic carbocycles. The first-order valence-corrected chi connectivity index (χ1v) is 5.71. The summed E-state index contributed by atoms with van der Waals surface area (Å²) in [6.45, 7) is 5.08. The molecule has 2 nitrogen and oxygen atoms in total. The van der Waals surface area contributed by atoms with Gasteiger partial charge < -0.3 is 4.74 Å². The van der Waals surface area contributed by atoms with Crippen LogP contribution in [0.5, 0.6) is 0 Å². The summed E-state index contributed by atoms with van der Waals surface area (Å²) in [6, 6.07) is 9.43. The lowest BCUT2D eigenvalue weighted by Crippen LogP contribution is -2.23. The minimum Gasteiger partial charge on any atom is -0.455 e. The zero-order valence-corrected chi connectivity index (χ0v) is 10.8. The summed E-state index contributed by atoms with van der Waals surface area (Å²) in [6.07, 6.45) is 4.29. The van der Waals surface area contributed by atoms with Gasteiger partial charge in [-0.3, -0.25) is 0 Å². The second-order valence-corrected chi connectivity index (χ2v) is 4.79. The molecule has 0 unspecified atom stereocenters. The van der Waals surface area contributed by atoms with Crippen LogP contribution in [0.1, 0.15) is 26.3 Å². The molecule has 1 aromatic rings. The summed E-state index contributed by atoms with van der Waals surface area (Å²) in [7, 11) is 0. The average molecular weight is 248 g/mol. The molecule has 0 bridgehead atoms. The van der Waals surface area contributed by atoms with Crippen LogP contribution < -0.4 is 0 Å². The van der Waals surface area contributed by atoms with E-state index in [1.165, 1.54) is 6.08 Å². The van der Waals surface area contributed by atoms with E-state index in [4.69, 9.17) is 4.74 Å². The van der Waals surface area contributed by atoms with Gasteiger partial charge in [-0.2, -0.15) is 4.39 Å². The molecule has 1 rings (SSSR count). The zero-order chi connectivity index (χ0) is 13.6. The topological polar surface area (TPSA) is 26.3 Å². The molecule has 0 saturated carbocycles. The van der Waals surface area contributed by atoms with Crippen molar-refractivity contribution in [1.82, 2.24) is 0 Å². The lowest BCUT2D eigenvalue weighted by Gasteiger charge is -2.18. The zero-order valence-electron chi connectivity index (χ0n) is 10.8. The van der Waals surface area contributed by atoms with Crippen LogP contribution in [0.25, 0.3) is 6.08 Å². The Labute approximate surface area is 107 Å². The van der Waals surface area contributed by atoms with Crippen molar-refractivity contribution in [2.45, 2.75) is 26.4 Å². The summed E-state index contributed by atoms with van der Waals surface area (Å²) in [4.78, 5) is 11.3. The molecule has 96 valence electrons. The number of esters is 1. The van der Waals surface area contributed by atoms with Crippen molar-refractivity contribution >= 4 is 12.0 Å². The first-order chi connectivity index (χ1) is 8.38. The molecule has 0 aliphatic rings. The molecule has 0 heterocycles. The van der Waals surface area contributed by atoms with Crippen molar-refractivity contribution in [3.8, 4) is 0 Å². The quantitative estimate of drug-likeness (QED) is 0.461. The van der Waals surface area contributed by atoms with E-state index < -0.39 is 17.4 Å². The minimum atomic E-state index is -0.944. The van der Waals surface area contributed by atoms with Gasteiger partial charge in [0.25, 0.3) is 0 Å². The number of rotatable bonds is 3. The van der Waals surface area contributed by atoms with E-state index in [9.17, 15) is 9.18 Å². The molecule has 3 heteroatoms. The Hall–Kier alpha value is -1.90. The Balaban J connectivity index is 2.62. The highest BCUT2D eigenvalue weighted by atomic mass is 19.1. The SMILES string of the molecule is CC(C)(C)OC(=O)/C(F)=C/C=C/c1ccccc1. The maximum absolute atomic E-state index is 13.4. The van der Waals surface area contributed by atoms with E-state index >= 15 is 0 Å². The molecule has 0 N–H and O–H groups in total. The third-order valence-corrected chi connectivity index (χ3v) is 1.92. The highest BCUT2D eigenvalue weighted by Gasteiger charge is 2.19. The molecule has 18 heavy (non-hydrogen) atoms. The summed E-state index contributed by atoms with van der Waals surface area (Å²) in [5.41, 5.74) is 0.247. The number of ether oxygens (including phenoxy) is 1. The molecule has 0 aliphatic heterocycles. The first-order valence-electron chi connectivity index (χ1n) is 5.71. The van der Waals surface area contributed by atoms with Crippen molar-refractivity contribution in [1.29, 1.82) is 0 Å². The summed E-state index contributed by atoms with van der Waals surface area (Å²) < 4.78 is 18.3. The molecule has 0 amide bonds. The molecule has 0 fully saturated rings. The maximum atomic E-state index is 13.4. The average Bonchev–Trinajstić information content (AvgIpc) is 2.28. The van der Waals surface area contributed by atoms with Gasteiger partial charge in [0.15, 0.2) is 0 Å². The molecule has 0 spiro atoms. The standard InChI is InChI=1S/C15H17FO2/c1-15(2,3)18-14(17)13(16)11-7-10-12-8-5-4-6-9-12/h4-11H,1-3H3/b10-7+,13-11-. The van der Waals surface area contributed by atoms with Crippen molar-refractivity contribution in [2.75, 3.05) is 0 Å². The third-order valence-electron chi connectivity index (χ3n) is 1.92. The number of hydrogen-bond donors (Lipinski definition) is 0. The van der Waals surface area contributed by atoms with Gasteiger partial charge in [0.05, 0.1) is 0 Å². The number of halogens is 1. The fourth-order valence-electron chi connectivity index (χ4n) is 1.20. The highest BCUT2D eigenvalue weighted by Crippen LogP contribution is 2.12. The molecule has 0 aliphatic carbocycles. The minimum absolute atomic E-state index is 0.689. The summed E-state index contributed by atoms with van der Waals surface area (Å²) in [5, 5.41) is 0. The predicted octanol–water partition coefficient (Wildman–Crippen LogP) is 3.89. The number of allylic oxidation sites excluding steroid dienone is 2. The largest absolute Gasteiger partial charge is 0.455 e. The van der Waals surface area contributed by atoms with Gasteiger partial charge in [-0.25, -0.2) is 4.79 Å². The van der Waals surface area contributed by atoms with Gasteiger partial charge in [0.1, 0.15) is 5.60 Å². The number of benzene rings is 1. The van der Waals surface area contributed by atoms with Crippen molar-refractivity contribution in [3.63, 3.8) is 0 Å². The van der Waals surface area contributed by atoms with Crippen LogP contribution >= 0.6 is 0 Å². The van der Waals surface area contributed by atoms with E-state index in [-0.39, 0.29) is 0 Å². The molecular formula is C15H17FO2.